The van der Waals surface area contributed by atoms with Crippen molar-refractivity contribution >= 4 is 11.8 Å². The van der Waals surface area contributed by atoms with Crippen LogP contribution in [0.25, 0.3) is 0 Å². The van der Waals surface area contributed by atoms with Crippen LogP contribution in [0.4, 0.5) is 10.5 Å². The van der Waals surface area contributed by atoms with E-state index in [1.165, 1.54) is 0 Å². The van der Waals surface area contributed by atoms with Gasteiger partial charge in [0.15, 0.2) is 0 Å². The van der Waals surface area contributed by atoms with Crippen LogP contribution in [0, 0.1) is 0 Å². The van der Waals surface area contributed by atoms with Gasteiger partial charge >= 0.3 is 6.09 Å². The molecule has 0 atom stereocenters. The molecule has 0 N–H and O–H groups in total. The Morgan fingerprint density at radius 2 is 1.93 bits per heavy atom. The summed E-state index contributed by atoms with van der Waals surface area (Å²) in [4.78, 5) is 13.3. The van der Waals surface area contributed by atoms with Gasteiger partial charge < -0.3 is 4.74 Å². The van der Waals surface area contributed by atoms with Crippen molar-refractivity contribution < 1.29 is 9.53 Å². The van der Waals surface area contributed by atoms with Crippen LogP contribution in [-0.2, 0) is 4.74 Å². The number of anilines is 1. The molecular weight excluding hydrogens is 190 g/mol. The predicted octanol–water partition coefficient (Wildman–Crippen LogP) is 3.06. The van der Waals surface area contributed by atoms with Gasteiger partial charge in [0, 0.05) is 11.7 Å². The van der Waals surface area contributed by atoms with Crippen LogP contribution in [0.5, 0.6) is 0 Å². The van der Waals surface area contributed by atoms with Crippen LogP contribution in [0.1, 0.15) is 20.8 Å². The molecule has 0 fully saturated rings. The molecule has 1 aromatic rings. The molecule has 0 aliphatic carbocycles. The minimum Gasteiger partial charge on any atom is -0.449 e. The lowest BCUT2D eigenvalue weighted by Gasteiger charge is -2.25. The highest BCUT2D eigenvalue weighted by molar-refractivity contribution is 5.88. The second-order valence-corrected chi connectivity index (χ2v) is 3.50. The Morgan fingerprint density at radius 3 is 2.40 bits per heavy atom. The fourth-order valence-electron chi connectivity index (χ4n) is 1.40. The van der Waals surface area contributed by atoms with E-state index in [0.29, 0.717) is 6.61 Å². The molecule has 0 unspecified atom stereocenters. The lowest BCUT2D eigenvalue weighted by molar-refractivity contribution is 0.158. The summed E-state index contributed by atoms with van der Waals surface area (Å²) < 4.78 is 5.01. The lowest BCUT2D eigenvalue weighted by atomic mass is 10.2. The maximum atomic E-state index is 11.7. The van der Waals surface area contributed by atoms with E-state index < -0.39 is 0 Å². The second kappa shape index (κ2) is 5.39. The average Bonchev–Trinajstić information content (AvgIpc) is 2.19. The van der Waals surface area contributed by atoms with Gasteiger partial charge in [-0.2, -0.15) is 0 Å². The Labute approximate surface area is 90.7 Å². The van der Waals surface area contributed by atoms with E-state index in [9.17, 15) is 4.79 Å². The number of nitrogens with zero attached hydrogens (tertiary/aromatic N) is 1. The second-order valence-electron chi connectivity index (χ2n) is 3.50. The molecule has 82 valence electrons. The molecule has 1 amide bonds. The summed E-state index contributed by atoms with van der Waals surface area (Å²) in [6, 6.07) is 9.63. The van der Waals surface area contributed by atoms with E-state index in [-0.39, 0.29) is 12.1 Å². The van der Waals surface area contributed by atoms with Gasteiger partial charge in [-0.1, -0.05) is 18.2 Å². The highest BCUT2D eigenvalue weighted by Gasteiger charge is 2.19. The van der Waals surface area contributed by atoms with Crippen molar-refractivity contribution in [3.63, 3.8) is 0 Å². The monoisotopic (exact) mass is 207 g/mol. The van der Waals surface area contributed by atoms with Crippen molar-refractivity contribution in [1.29, 1.82) is 0 Å². The maximum absolute atomic E-state index is 11.7. The van der Waals surface area contributed by atoms with Crippen LogP contribution in [0.2, 0.25) is 0 Å². The minimum atomic E-state index is -0.293. The summed E-state index contributed by atoms with van der Waals surface area (Å²) in [5.41, 5.74) is 0.867. The fourth-order valence-corrected chi connectivity index (χ4v) is 1.40. The van der Waals surface area contributed by atoms with Crippen LogP contribution in [0.15, 0.2) is 30.3 Å². The molecular formula is C12H17NO2. The quantitative estimate of drug-likeness (QED) is 0.762. The van der Waals surface area contributed by atoms with Crippen molar-refractivity contribution in [1.82, 2.24) is 0 Å². The number of carbonyl (C=O) groups excluding carboxylic acids is 1. The SMILES string of the molecule is CCOC(=O)N(c1ccccc1)C(C)C. The van der Waals surface area contributed by atoms with Crippen molar-refractivity contribution in [2.24, 2.45) is 0 Å². The molecule has 0 bridgehead atoms. The molecule has 15 heavy (non-hydrogen) atoms. The summed E-state index contributed by atoms with van der Waals surface area (Å²) in [6.07, 6.45) is -0.293. The first-order valence-corrected chi connectivity index (χ1v) is 5.17. The van der Waals surface area contributed by atoms with E-state index in [1.54, 1.807) is 11.8 Å². The number of rotatable bonds is 3. The highest BCUT2D eigenvalue weighted by atomic mass is 16.6. The van der Waals surface area contributed by atoms with E-state index >= 15 is 0 Å². The molecule has 0 spiro atoms. The standard InChI is InChI=1S/C12H17NO2/c1-4-15-12(14)13(10(2)3)11-8-6-5-7-9-11/h5-10H,4H2,1-3H3. The number of hydrogen-bond acceptors (Lipinski definition) is 2. The van der Waals surface area contributed by atoms with Crippen LogP contribution in [-0.4, -0.2) is 18.7 Å². The maximum Gasteiger partial charge on any atom is 0.414 e. The van der Waals surface area contributed by atoms with Gasteiger partial charge in [0.2, 0.25) is 0 Å². The molecule has 0 aliphatic heterocycles. The highest BCUT2D eigenvalue weighted by Crippen LogP contribution is 2.17. The Morgan fingerprint density at radius 1 is 1.33 bits per heavy atom. The summed E-state index contributed by atoms with van der Waals surface area (Å²) in [5.74, 6) is 0. The van der Waals surface area contributed by atoms with Crippen molar-refractivity contribution in [3.05, 3.63) is 30.3 Å². The van der Waals surface area contributed by atoms with Crippen molar-refractivity contribution in [3.8, 4) is 0 Å². The number of carbonyl (C=O) groups is 1. The zero-order valence-corrected chi connectivity index (χ0v) is 9.43. The fraction of sp³-hybridized carbons (Fsp3) is 0.417. The predicted molar refractivity (Wildman–Crippen MR) is 61.1 cm³/mol. The number of hydrogen-bond donors (Lipinski definition) is 0. The van der Waals surface area contributed by atoms with E-state index in [4.69, 9.17) is 4.74 Å². The summed E-state index contributed by atoms with van der Waals surface area (Å²) in [5, 5.41) is 0. The van der Waals surface area contributed by atoms with Crippen molar-refractivity contribution in [2.75, 3.05) is 11.5 Å². The summed E-state index contributed by atoms with van der Waals surface area (Å²) in [6.45, 7) is 6.13. The van der Waals surface area contributed by atoms with Gasteiger partial charge in [0.25, 0.3) is 0 Å². The smallest absolute Gasteiger partial charge is 0.414 e. The third kappa shape index (κ3) is 2.98. The zero-order valence-electron chi connectivity index (χ0n) is 9.43. The van der Waals surface area contributed by atoms with Gasteiger partial charge in [-0.15, -0.1) is 0 Å². The number of ether oxygens (including phenoxy) is 1. The molecule has 0 heterocycles. The van der Waals surface area contributed by atoms with Gasteiger partial charge in [0.1, 0.15) is 0 Å². The third-order valence-corrected chi connectivity index (χ3v) is 2.02. The summed E-state index contributed by atoms with van der Waals surface area (Å²) in [7, 11) is 0. The molecule has 0 aliphatic rings. The largest absolute Gasteiger partial charge is 0.449 e. The molecule has 3 nitrogen and oxygen atoms in total. The van der Waals surface area contributed by atoms with Gasteiger partial charge in [-0.3, -0.25) is 4.90 Å². The Kier molecular flexibility index (Phi) is 4.16. The lowest BCUT2D eigenvalue weighted by Crippen LogP contribution is -2.37. The molecule has 0 aromatic heterocycles. The first-order valence-electron chi connectivity index (χ1n) is 5.17. The summed E-state index contributed by atoms with van der Waals surface area (Å²) >= 11 is 0. The Hall–Kier alpha value is -1.51. The zero-order chi connectivity index (χ0) is 11.3. The Balaban J connectivity index is 2.88. The van der Waals surface area contributed by atoms with Crippen LogP contribution < -0.4 is 4.90 Å². The number of benzene rings is 1. The molecule has 1 aromatic carbocycles. The topological polar surface area (TPSA) is 29.5 Å². The Bertz CT molecular complexity index is 309. The first kappa shape index (κ1) is 11.6. The van der Waals surface area contributed by atoms with Gasteiger partial charge in [-0.25, -0.2) is 4.79 Å². The van der Waals surface area contributed by atoms with E-state index in [0.717, 1.165) is 5.69 Å². The molecule has 1 rings (SSSR count). The molecule has 0 radical (unpaired) electrons. The molecule has 3 heteroatoms. The van der Waals surface area contributed by atoms with E-state index in [2.05, 4.69) is 0 Å². The van der Waals surface area contributed by atoms with Gasteiger partial charge in [-0.05, 0) is 32.9 Å². The normalized spacial score (nSPS) is 10.1. The van der Waals surface area contributed by atoms with Gasteiger partial charge in [0.05, 0.1) is 6.61 Å². The molecule has 0 saturated carbocycles. The number of amides is 1. The minimum absolute atomic E-state index is 0.0893. The molecule has 0 saturated heterocycles. The third-order valence-electron chi connectivity index (χ3n) is 2.02. The van der Waals surface area contributed by atoms with Crippen LogP contribution in [0.3, 0.4) is 0 Å². The average molecular weight is 207 g/mol. The first-order chi connectivity index (χ1) is 7.16. The van der Waals surface area contributed by atoms with Crippen LogP contribution >= 0.6 is 0 Å². The number of para-hydroxylation sites is 1. The van der Waals surface area contributed by atoms with Crippen molar-refractivity contribution in [2.45, 2.75) is 26.8 Å². The van der Waals surface area contributed by atoms with E-state index in [1.807, 2.05) is 44.2 Å².